The Bertz CT molecular complexity index is 873. The zero-order valence-corrected chi connectivity index (χ0v) is 19.3. The molecule has 1 fully saturated rings. The molecule has 31 heavy (non-hydrogen) atoms. The fourth-order valence-corrected chi connectivity index (χ4v) is 4.40. The van der Waals surface area contributed by atoms with E-state index in [-0.39, 0.29) is 17.9 Å². The van der Waals surface area contributed by atoms with Crippen LogP contribution in [0.3, 0.4) is 0 Å². The van der Waals surface area contributed by atoms with Gasteiger partial charge < -0.3 is 15.4 Å². The third-order valence-corrected chi connectivity index (χ3v) is 6.23. The third-order valence-electron chi connectivity index (χ3n) is 5.92. The predicted octanol–water partition coefficient (Wildman–Crippen LogP) is 4.56. The molecule has 2 amide bonds. The molecule has 3 rings (SSSR count). The molecule has 1 aliphatic carbocycles. The molecular weight excluding hydrogens is 414 g/mol. The third kappa shape index (κ3) is 6.11. The SMILES string of the molecule is CCOc1cc(NC(C)=O)c(Cl)cc1C(=O)NC1CCN(C(C)C2=CC=CCC2)CC1. The average molecular weight is 446 g/mol. The van der Waals surface area contributed by atoms with E-state index >= 15 is 0 Å². The van der Waals surface area contributed by atoms with Gasteiger partial charge in [-0.25, -0.2) is 0 Å². The molecular formula is C24H32ClN3O3. The van der Waals surface area contributed by atoms with Gasteiger partial charge in [-0.2, -0.15) is 0 Å². The van der Waals surface area contributed by atoms with Gasteiger partial charge in [0.1, 0.15) is 5.75 Å². The first kappa shape index (κ1) is 23.4. The smallest absolute Gasteiger partial charge is 0.255 e. The quantitative estimate of drug-likeness (QED) is 0.645. The summed E-state index contributed by atoms with van der Waals surface area (Å²) in [5, 5.41) is 6.12. The number of rotatable bonds is 7. The van der Waals surface area contributed by atoms with Gasteiger partial charge in [0, 0.05) is 38.2 Å². The van der Waals surface area contributed by atoms with Crippen molar-refractivity contribution in [3.63, 3.8) is 0 Å². The van der Waals surface area contributed by atoms with Gasteiger partial charge in [-0.3, -0.25) is 14.5 Å². The minimum Gasteiger partial charge on any atom is -0.493 e. The van der Waals surface area contributed by atoms with Gasteiger partial charge in [0.2, 0.25) is 5.91 Å². The van der Waals surface area contributed by atoms with Crippen molar-refractivity contribution >= 4 is 29.1 Å². The van der Waals surface area contributed by atoms with Crippen LogP contribution in [0, 0.1) is 0 Å². The van der Waals surface area contributed by atoms with Crippen LogP contribution in [0.1, 0.15) is 56.8 Å². The number of hydrogen-bond donors (Lipinski definition) is 2. The molecule has 1 heterocycles. The summed E-state index contributed by atoms with van der Waals surface area (Å²) in [5.41, 5.74) is 2.31. The summed E-state index contributed by atoms with van der Waals surface area (Å²) in [5.74, 6) is -0.0228. The van der Waals surface area contributed by atoms with Gasteiger partial charge in [-0.15, -0.1) is 0 Å². The van der Waals surface area contributed by atoms with E-state index < -0.39 is 0 Å². The molecule has 0 saturated carbocycles. The Labute approximate surface area is 189 Å². The number of anilines is 1. The molecule has 1 aliphatic heterocycles. The van der Waals surface area contributed by atoms with E-state index in [0.717, 1.165) is 38.8 Å². The molecule has 2 N–H and O–H groups in total. The molecule has 1 aromatic rings. The molecule has 1 unspecified atom stereocenters. The molecule has 168 valence electrons. The topological polar surface area (TPSA) is 70.7 Å². The van der Waals surface area contributed by atoms with Gasteiger partial charge in [0.25, 0.3) is 5.91 Å². The molecule has 1 saturated heterocycles. The number of halogens is 1. The van der Waals surface area contributed by atoms with Crippen LogP contribution in [0.2, 0.25) is 5.02 Å². The molecule has 2 aliphatic rings. The number of allylic oxidation sites excluding steroid dienone is 3. The predicted molar refractivity (Wildman–Crippen MR) is 125 cm³/mol. The highest BCUT2D eigenvalue weighted by molar-refractivity contribution is 6.34. The van der Waals surface area contributed by atoms with Gasteiger partial charge in [0.15, 0.2) is 0 Å². The van der Waals surface area contributed by atoms with Crippen LogP contribution < -0.4 is 15.4 Å². The summed E-state index contributed by atoms with van der Waals surface area (Å²) < 4.78 is 5.65. The molecule has 0 bridgehead atoms. The fraction of sp³-hybridized carbons (Fsp3) is 0.500. The van der Waals surface area contributed by atoms with E-state index in [1.54, 1.807) is 12.1 Å². The van der Waals surface area contributed by atoms with Crippen LogP contribution in [0.4, 0.5) is 5.69 Å². The number of benzene rings is 1. The summed E-state index contributed by atoms with van der Waals surface area (Å²) in [6.45, 7) is 7.84. The van der Waals surface area contributed by atoms with Crippen molar-refractivity contribution in [3.8, 4) is 5.75 Å². The molecule has 6 nitrogen and oxygen atoms in total. The zero-order chi connectivity index (χ0) is 22.4. The lowest BCUT2D eigenvalue weighted by Crippen LogP contribution is -2.47. The van der Waals surface area contributed by atoms with Gasteiger partial charge in [-0.05, 0) is 45.6 Å². The van der Waals surface area contributed by atoms with E-state index in [1.807, 2.05) is 6.92 Å². The second-order valence-electron chi connectivity index (χ2n) is 8.11. The van der Waals surface area contributed by atoms with E-state index in [9.17, 15) is 9.59 Å². The molecule has 7 heteroatoms. The number of carbonyl (C=O) groups excluding carboxylic acids is 2. The van der Waals surface area contributed by atoms with Crippen molar-refractivity contribution in [2.45, 2.75) is 58.5 Å². The lowest BCUT2D eigenvalue weighted by atomic mass is 9.95. The molecule has 1 atom stereocenters. The lowest BCUT2D eigenvalue weighted by Gasteiger charge is -2.37. The van der Waals surface area contributed by atoms with Crippen LogP contribution in [0.5, 0.6) is 5.75 Å². The summed E-state index contributed by atoms with van der Waals surface area (Å²) >= 11 is 6.29. The van der Waals surface area contributed by atoms with E-state index in [1.165, 1.54) is 12.5 Å². The lowest BCUT2D eigenvalue weighted by molar-refractivity contribution is -0.114. The maximum atomic E-state index is 13.0. The van der Waals surface area contributed by atoms with Crippen molar-refractivity contribution < 1.29 is 14.3 Å². The summed E-state index contributed by atoms with van der Waals surface area (Å²) in [4.78, 5) is 26.9. The Morgan fingerprint density at radius 1 is 1.29 bits per heavy atom. The van der Waals surface area contributed by atoms with Crippen LogP contribution >= 0.6 is 11.6 Å². The van der Waals surface area contributed by atoms with Crippen molar-refractivity contribution in [2.75, 3.05) is 25.0 Å². The van der Waals surface area contributed by atoms with Crippen molar-refractivity contribution in [2.24, 2.45) is 0 Å². The highest BCUT2D eigenvalue weighted by Gasteiger charge is 2.27. The van der Waals surface area contributed by atoms with Gasteiger partial charge >= 0.3 is 0 Å². The number of likely N-dealkylation sites (tertiary alicyclic amines) is 1. The Morgan fingerprint density at radius 2 is 2.03 bits per heavy atom. The van der Waals surface area contributed by atoms with Crippen LogP contribution in [-0.4, -0.2) is 48.5 Å². The van der Waals surface area contributed by atoms with Gasteiger partial charge in [-0.1, -0.05) is 35.4 Å². The molecule has 0 spiro atoms. The van der Waals surface area contributed by atoms with Crippen molar-refractivity contribution in [1.29, 1.82) is 0 Å². The van der Waals surface area contributed by atoms with Crippen LogP contribution in [0.25, 0.3) is 0 Å². The Kier molecular flexibility index (Phi) is 8.15. The maximum absolute atomic E-state index is 13.0. The summed E-state index contributed by atoms with van der Waals surface area (Å²) in [6.07, 6.45) is 10.7. The number of nitrogens with zero attached hydrogens (tertiary/aromatic N) is 1. The Morgan fingerprint density at radius 3 is 2.65 bits per heavy atom. The molecule has 0 aromatic heterocycles. The number of ether oxygens (including phenoxy) is 1. The van der Waals surface area contributed by atoms with Crippen LogP contribution in [0.15, 0.2) is 35.9 Å². The normalized spacial score (nSPS) is 18.3. The number of nitrogens with one attached hydrogen (secondary N) is 2. The summed E-state index contributed by atoms with van der Waals surface area (Å²) in [6, 6.07) is 3.72. The molecule has 1 aromatic carbocycles. The standard InChI is InChI=1S/C24H32ClN3O3/c1-4-31-23-15-22(26-17(3)29)21(25)14-20(23)24(30)27-19-10-12-28(13-11-19)16(2)18-8-6-5-7-9-18/h5-6,8,14-16,19H,4,7,9-13H2,1-3H3,(H,26,29)(H,27,30). The monoisotopic (exact) mass is 445 g/mol. The number of carbonyl (C=O) groups is 2. The Balaban J connectivity index is 1.62. The largest absolute Gasteiger partial charge is 0.493 e. The van der Waals surface area contributed by atoms with Crippen molar-refractivity contribution in [1.82, 2.24) is 10.2 Å². The fourth-order valence-electron chi connectivity index (χ4n) is 4.19. The minimum atomic E-state index is -0.234. The number of amides is 2. The van der Waals surface area contributed by atoms with Gasteiger partial charge in [0.05, 0.1) is 22.9 Å². The van der Waals surface area contributed by atoms with Crippen LogP contribution in [-0.2, 0) is 4.79 Å². The number of hydrogen-bond acceptors (Lipinski definition) is 4. The van der Waals surface area contributed by atoms with E-state index in [4.69, 9.17) is 16.3 Å². The second-order valence-corrected chi connectivity index (χ2v) is 8.52. The highest BCUT2D eigenvalue weighted by atomic mass is 35.5. The second kappa shape index (κ2) is 10.8. The maximum Gasteiger partial charge on any atom is 0.255 e. The first-order valence-corrected chi connectivity index (χ1v) is 11.4. The summed E-state index contributed by atoms with van der Waals surface area (Å²) in [7, 11) is 0. The first-order valence-electron chi connectivity index (χ1n) is 11.0. The number of piperidine rings is 1. The molecule has 0 radical (unpaired) electrons. The van der Waals surface area contributed by atoms with E-state index in [0.29, 0.717) is 34.7 Å². The first-order chi connectivity index (χ1) is 14.9. The van der Waals surface area contributed by atoms with E-state index in [2.05, 4.69) is 40.7 Å². The minimum absolute atomic E-state index is 0.111. The van der Waals surface area contributed by atoms with Crippen molar-refractivity contribution in [3.05, 3.63) is 46.5 Å². The average Bonchev–Trinajstić information content (AvgIpc) is 2.76. The highest BCUT2D eigenvalue weighted by Crippen LogP contribution is 2.32. The zero-order valence-electron chi connectivity index (χ0n) is 18.5. The Hall–Kier alpha value is -2.31.